The van der Waals surface area contributed by atoms with Gasteiger partial charge in [0.15, 0.2) is 24.6 Å². The van der Waals surface area contributed by atoms with E-state index in [4.69, 9.17) is 27.8 Å². The van der Waals surface area contributed by atoms with Crippen LogP contribution >= 0.6 is 0 Å². The van der Waals surface area contributed by atoms with Crippen molar-refractivity contribution in [3.63, 3.8) is 0 Å². The predicted octanol–water partition coefficient (Wildman–Crippen LogP) is -0.216. The third-order valence-electron chi connectivity index (χ3n) is 2.43. The second-order valence-electron chi connectivity index (χ2n) is 3.87. The van der Waals surface area contributed by atoms with Crippen LogP contribution in [0.5, 0.6) is 0 Å². The normalized spacial score (nSPS) is 31.4. The smallest absolute Gasteiger partial charge is 0.303 e. The molecule has 1 saturated heterocycles. The molecule has 1 aliphatic rings. The van der Waals surface area contributed by atoms with E-state index in [1.165, 1.54) is 7.11 Å². The maximum Gasteiger partial charge on any atom is 0.303 e. The Hall–Kier alpha value is -1.67. The molecular weight excluding hydrogens is 272 g/mol. The van der Waals surface area contributed by atoms with E-state index in [-0.39, 0.29) is 6.61 Å². The molecule has 0 aromatic rings. The first-order valence-corrected chi connectivity index (χ1v) is 5.57. The largest absolute Gasteiger partial charge is 0.456 e. The molecule has 0 amide bonds. The zero-order chi connectivity index (χ0) is 17.4. The third kappa shape index (κ3) is 4.46. The number of carbonyl (C=O) groups is 3. The van der Waals surface area contributed by atoms with Gasteiger partial charge in [-0.2, -0.15) is 0 Å². The van der Waals surface area contributed by atoms with Crippen LogP contribution < -0.4 is 0 Å². The maximum atomic E-state index is 11.4. The van der Waals surface area contributed by atoms with Gasteiger partial charge in [0.2, 0.25) is 0 Å². The SMILES string of the molecule is [2H]CC(=O)O[C@H]1[C@H](OC(=O)C[2H])COC(OC)[C@@H]1OC(=O)C[2H]. The summed E-state index contributed by atoms with van der Waals surface area (Å²) in [6.07, 6.45) is -4.76. The van der Waals surface area contributed by atoms with Crippen molar-refractivity contribution in [3.05, 3.63) is 0 Å². The lowest BCUT2D eigenvalue weighted by atomic mass is 10.0. The standard InChI is InChI=1S/C12H18O8/c1-6(13)18-9-5-17-12(16-4)11(20-8(3)15)10(9)19-7(2)14/h9-12H,5H2,1-4H3/t9-,10+,11-,12?/m1/s1/i1D,2D,3D. The van der Waals surface area contributed by atoms with Gasteiger partial charge in [-0.1, -0.05) is 0 Å². The summed E-state index contributed by atoms with van der Waals surface area (Å²) in [6, 6.07) is 0. The molecule has 8 nitrogen and oxygen atoms in total. The summed E-state index contributed by atoms with van der Waals surface area (Å²) in [7, 11) is 1.27. The van der Waals surface area contributed by atoms with Crippen molar-refractivity contribution in [2.75, 3.05) is 13.7 Å². The van der Waals surface area contributed by atoms with Crippen LogP contribution in [-0.2, 0) is 38.1 Å². The predicted molar refractivity (Wildman–Crippen MR) is 63.4 cm³/mol. The quantitative estimate of drug-likeness (QED) is 0.518. The van der Waals surface area contributed by atoms with Crippen LogP contribution in [0.3, 0.4) is 0 Å². The molecule has 0 saturated carbocycles. The van der Waals surface area contributed by atoms with Crippen molar-refractivity contribution in [2.45, 2.75) is 45.3 Å². The lowest BCUT2D eigenvalue weighted by molar-refractivity contribution is -0.274. The summed E-state index contributed by atoms with van der Waals surface area (Å²) < 4.78 is 46.2. The molecule has 20 heavy (non-hydrogen) atoms. The summed E-state index contributed by atoms with van der Waals surface area (Å²) in [6.45, 7) is -2.23. The molecular formula is C12H18O8. The molecule has 0 aromatic heterocycles. The van der Waals surface area contributed by atoms with E-state index >= 15 is 0 Å². The highest BCUT2D eigenvalue weighted by molar-refractivity contribution is 5.68. The maximum absolute atomic E-state index is 11.4. The fourth-order valence-electron chi connectivity index (χ4n) is 1.79. The lowest BCUT2D eigenvalue weighted by Gasteiger charge is -2.39. The van der Waals surface area contributed by atoms with E-state index in [2.05, 4.69) is 0 Å². The second kappa shape index (κ2) is 7.20. The average Bonchev–Trinajstić information content (AvgIpc) is 2.56. The van der Waals surface area contributed by atoms with Crippen LogP contribution in [0, 0.1) is 0 Å². The summed E-state index contributed by atoms with van der Waals surface area (Å²) in [5.74, 6) is -2.72. The summed E-state index contributed by atoms with van der Waals surface area (Å²) in [5.41, 5.74) is 0. The van der Waals surface area contributed by atoms with Crippen molar-refractivity contribution in [2.24, 2.45) is 0 Å². The Kier molecular flexibility index (Phi) is 4.36. The van der Waals surface area contributed by atoms with Crippen LogP contribution in [0.4, 0.5) is 0 Å². The minimum atomic E-state index is -1.27. The summed E-state index contributed by atoms with van der Waals surface area (Å²) in [4.78, 5) is 34.1. The summed E-state index contributed by atoms with van der Waals surface area (Å²) >= 11 is 0. The molecule has 0 aromatic carbocycles. The third-order valence-corrected chi connectivity index (χ3v) is 2.43. The Morgan fingerprint density at radius 2 is 1.55 bits per heavy atom. The second-order valence-corrected chi connectivity index (χ2v) is 3.87. The highest BCUT2D eigenvalue weighted by Gasteiger charge is 2.47. The van der Waals surface area contributed by atoms with Gasteiger partial charge in [-0.05, 0) is 0 Å². The number of esters is 3. The number of ether oxygens (including phenoxy) is 5. The molecule has 0 N–H and O–H groups in total. The molecule has 0 radical (unpaired) electrons. The minimum Gasteiger partial charge on any atom is -0.456 e. The number of methoxy groups -OCH3 is 1. The van der Waals surface area contributed by atoms with Crippen molar-refractivity contribution in [3.8, 4) is 0 Å². The van der Waals surface area contributed by atoms with Gasteiger partial charge in [-0.25, -0.2) is 0 Å². The van der Waals surface area contributed by atoms with E-state index in [0.29, 0.717) is 0 Å². The zero-order valence-corrected chi connectivity index (χ0v) is 10.9. The molecule has 1 rings (SSSR count). The van der Waals surface area contributed by atoms with Gasteiger partial charge in [-0.15, -0.1) is 0 Å². The van der Waals surface area contributed by atoms with Crippen molar-refractivity contribution >= 4 is 17.9 Å². The Balaban J connectivity index is 2.99. The van der Waals surface area contributed by atoms with Gasteiger partial charge in [-0.3, -0.25) is 14.4 Å². The van der Waals surface area contributed by atoms with E-state index in [1.807, 2.05) is 0 Å². The average molecular weight is 293 g/mol. The molecule has 0 aliphatic carbocycles. The molecule has 4 atom stereocenters. The van der Waals surface area contributed by atoms with Gasteiger partial charge in [0.25, 0.3) is 0 Å². The van der Waals surface area contributed by atoms with Crippen LogP contribution in [0.15, 0.2) is 0 Å². The first-order chi connectivity index (χ1) is 11.0. The van der Waals surface area contributed by atoms with Gasteiger partial charge in [0, 0.05) is 31.9 Å². The van der Waals surface area contributed by atoms with Crippen LogP contribution in [0.25, 0.3) is 0 Å². The minimum absolute atomic E-state index is 0.213. The van der Waals surface area contributed by atoms with Gasteiger partial charge in [0.05, 0.1) is 6.61 Å². The molecule has 8 heteroatoms. The number of hydrogen-bond donors (Lipinski definition) is 0. The fraction of sp³-hybridized carbons (Fsp3) is 0.750. The van der Waals surface area contributed by atoms with E-state index in [1.54, 1.807) is 0 Å². The Labute approximate surface area is 120 Å². The highest BCUT2D eigenvalue weighted by atomic mass is 16.7. The summed E-state index contributed by atoms with van der Waals surface area (Å²) in [5, 5.41) is 0. The molecule has 114 valence electrons. The molecule has 1 aliphatic heterocycles. The van der Waals surface area contributed by atoms with E-state index < -0.39 is 63.2 Å². The number of hydrogen-bond acceptors (Lipinski definition) is 8. The van der Waals surface area contributed by atoms with E-state index in [0.717, 1.165) is 0 Å². The monoisotopic (exact) mass is 293 g/mol. The lowest BCUT2D eigenvalue weighted by Crippen LogP contribution is -2.57. The van der Waals surface area contributed by atoms with Crippen LogP contribution in [0.1, 0.15) is 24.8 Å². The van der Waals surface area contributed by atoms with Gasteiger partial charge >= 0.3 is 17.9 Å². The van der Waals surface area contributed by atoms with Crippen molar-refractivity contribution < 1.29 is 42.2 Å². The number of carbonyl (C=O) groups excluding carboxylic acids is 3. The molecule has 1 fully saturated rings. The Morgan fingerprint density at radius 1 is 1.00 bits per heavy atom. The molecule has 0 bridgehead atoms. The topological polar surface area (TPSA) is 97.4 Å². The Morgan fingerprint density at radius 3 is 2.10 bits per heavy atom. The van der Waals surface area contributed by atoms with Gasteiger partial charge < -0.3 is 23.7 Å². The molecule has 1 unspecified atom stereocenters. The zero-order valence-electron chi connectivity index (χ0n) is 13.9. The first-order valence-electron chi connectivity index (χ1n) is 7.69. The highest BCUT2D eigenvalue weighted by Crippen LogP contribution is 2.24. The number of rotatable bonds is 4. The van der Waals surface area contributed by atoms with Crippen LogP contribution in [-0.4, -0.2) is 56.2 Å². The first kappa shape index (κ1) is 12.1. The Bertz CT molecular complexity index is 433. The van der Waals surface area contributed by atoms with E-state index in [9.17, 15) is 14.4 Å². The van der Waals surface area contributed by atoms with Crippen molar-refractivity contribution in [1.29, 1.82) is 0 Å². The van der Waals surface area contributed by atoms with Crippen LogP contribution in [0.2, 0.25) is 0 Å². The van der Waals surface area contributed by atoms with Gasteiger partial charge in [0.1, 0.15) is 0 Å². The molecule has 1 heterocycles. The van der Waals surface area contributed by atoms with Crippen molar-refractivity contribution in [1.82, 2.24) is 0 Å². The fourth-order valence-corrected chi connectivity index (χ4v) is 1.79. The molecule has 0 spiro atoms.